The van der Waals surface area contributed by atoms with E-state index in [0.717, 1.165) is 11.6 Å². The minimum Gasteiger partial charge on any atom is -0.508 e. The van der Waals surface area contributed by atoms with E-state index >= 15 is 0 Å². The first kappa shape index (κ1) is 15.1. The fraction of sp³-hybridized carbons (Fsp3) is 0.200. The lowest BCUT2D eigenvalue weighted by atomic mass is 10.1. The van der Waals surface area contributed by atoms with Gasteiger partial charge >= 0.3 is 0 Å². The molecule has 0 aliphatic heterocycles. The number of benzene rings is 2. The third-order valence-corrected chi connectivity index (χ3v) is 3.55. The molecule has 0 heterocycles. The number of halogens is 3. The van der Waals surface area contributed by atoms with Crippen LogP contribution in [0.15, 0.2) is 36.4 Å². The molecule has 0 aromatic heterocycles. The molecule has 1 atom stereocenters. The number of hydrogen-bond donors (Lipinski definition) is 2. The van der Waals surface area contributed by atoms with Crippen molar-refractivity contribution in [2.24, 2.45) is 0 Å². The van der Waals surface area contributed by atoms with E-state index in [1.807, 2.05) is 13.0 Å². The molecule has 0 radical (unpaired) electrons. The predicted molar refractivity (Wildman–Crippen MR) is 79.8 cm³/mol. The molecule has 0 saturated carbocycles. The van der Waals surface area contributed by atoms with E-state index < -0.39 is 5.82 Å². The molecule has 106 valence electrons. The van der Waals surface area contributed by atoms with Gasteiger partial charge in [0.2, 0.25) is 0 Å². The van der Waals surface area contributed by atoms with Gasteiger partial charge < -0.3 is 10.4 Å². The highest BCUT2D eigenvalue weighted by Gasteiger charge is 2.10. The quantitative estimate of drug-likeness (QED) is 0.858. The van der Waals surface area contributed by atoms with Gasteiger partial charge in [-0.15, -0.1) is 0 Å². The van der Waals surface area contributed by atoms with Crippen LogP contribution in [0.2, 0.25) is 10.0 Å². The smallest absolute Gasteiger partial charge is 0.127 e. The maximum absolute atomic E-state index is 13.2. The average molecular weight is 314 g/mol. The van der Waals surface area contributed by atoms with E-state index in [1.54, 1.807) is 12.1 Å². The van der Waals surface area contributed by atoms with Gasteiger partial charge in [0, 0.05) is 28.7 Å². The highest BCUT2D eigenvalue weighted by atomic mass is 35.5. The largest absolute Gasteiger partial charge is 0.508 e. The topological polar surface area (TPSA) is 32.3 Å². The standard InChI is InChI=1S/C15H14Cl2FNO/c1-9(14-3-2-11(16)6-15(14)17)19-8-10-4-12(18)7-13(20)5-10/h2-7,9,19-20H,8H2,1H3. The van der Waals surface area contributed by atoms with Gasteiger partial charge in [-0.05, 0) is 42.3 Å². The molecule has 5 heteroatoms. The van der Waals surface area contributed by atoms with Crippen molar-refractivity contribution in [3.05, 3.63) is 63.4 Å². The lowest BCUT2D eigenvalue weighted by Gasteiger charge is -2.16. The van der Waals surface area contributed by atoms with E-state index in [1.165, 1.54) is 12.1 Å². The Hall–Kier alpha value is -1.29. The third-order valence-electron chi connectivity index (χ3n) is 2.98. The monoisotopic (exact) mass is 313 g/mol. The van der Waals surface area contributed by atoms with Crippen molar-refractivity contribution in [1.82, 2.24) is 5.32 Å². The maximum atomic E-state index is 13.2. The van der Waals surface area contributed by atoms with E-state index in [9.17, 15) is 9.50 Å². The van der Waals surface area contributed by atoms with Crippen LogP contribution in [0, 0.1) is 5.82 Å². The summed E-state index contributed by atoms with van der Waals surface area (Å²) in [6.07, 6.45) is 0. The van der Waals surface area contributed by atoms with Crippen LogP contribution in [0.3, 0.4) is 0 Å². The van der Waals surface area contributed by atoms with Crippen LogP contribution in [-0.2, 0) is 6.54 Å². The Morgan fingerprint density at radius 3 is 2.60 bits per heavy atom. The zero-order valence-corrected chi connectivity index (χ0v) is 12.3. The van der Waals surface area contributed by atoms with Gasteiger partial charge in [0.1, 0.15) is 11.6 Å². The lowest BCUT2D eigenvalue weighted by Crippen LogP contribution is -2.18. The Bertz CT molecular complexity index is 599. The summed E-state index contributed by atoms with van der Waals surface area (Å²) in [5.74, 6) is -0.544. The Morgan fingerprint density at radius 1 is 1.20 bits per heavy atom. The normalized spacial score (nSPS) is 12.4. The molecule has 0 aliphatic rings. The van der Waals surface area contributed by atoms with Crippen molar-refractivity contribution in [2.45, 2.75) is 19.5 Å². The van der Waals surface area contributed by atoms with Crippen LogP contribution in [0.5, 0.6) is 5.75 Å². The number of rotatable bonds is 4. The summed E-state index contributed by atoms with van der Waals surface area (Å²) in [4.78, 5) is 0. The van der Waals surface area contributed by atoms with Crippen LogP contribution in [0.4, 0.5) is 4.39 Å². The average Bonchev–Trinajstić information content (AvgIpc) is 2.35. The minimum absolute atomic E-state index is 0.0230. The summed E-state index contributed by atoms with van der Waals surface area (Å²) < 4.78 is 13.2. The molecule has 0 spiro atoms. The number of phenolic OH excluding ortho intramolecular Hbond substituents is 1. The summed E-state index contributed by atoms with van der Waals surface area (Å²) in [5.41, 5.74) is 1.58. The van der Waals surface area contributed by atoms with Gasteiger partial charge in [-0.2, -0.15) is 0 Å². The third kappa shape index (κ3) is 3.85. The van der Waals surface area contributed by atoms with Crippen LogP contribution < -0.4 is 5.32 Å². The first-order chi connectivity index (χ1) is 9.45. The fourth-order valence-corrected chi connectivity index (χ4v) is 2.54. The second-order valence-electron chi connectivity index (χ2n) is 4.59. The number of phenols is 1. The molecule has 0 fully saturated rings. The van der Waals surface area contributed by atoms with Crippen LogP contribution >= 0.6 is 23.2 Å². The van der Waals surface area contributed by atoms with E-state index in [0.29, 0.717) is 22.2 Å². The Labute approximate surface area is 127 Å². The van der Waals surface area contributed by atoms with Crippen LogP contribution in [-0.4, -0.2) is 5.11 Å². The SMILES string of the molecule is CC(NCc1cc(O)cc(F)c1)c1ccc(Cl)cc1Cl. The molecule has 2 rings (SSSR count). The molecule has 0 aliphatic carbocycles. The van der Waals surface area contributed by atoms with Crippen molar-refractivity contribution in [1.29, 1.82) is 0 Å². The Balaban J connectivity index is 2.06. The molecule has 0 saturated heterocycles. The molecule has 0 bridgehead atoms. The predicted octanol–water partition coefficient (Wildman–Crippen LogP) is 4.69. The van der Waals surface area contributed by atoms with Gasteiger partial charge in [-0.1, -0.05) is 29.3 Å². The zero-order valence-electron chi connectivity index (χ0n) is 10.8. The van der Waals surface area contributed by atoms with Gasteiger partial charge in [0.25, 0.3) is 0 Å². The molecule has 2 aromatic carbocycles. The first-order valence-corrected chi connectivity index (χ1v) is 6.88. The summed E-state index contributed by atoms with van der Waals surface area (Å²) in [6.45, 7) is 2.37. The van der Waals surface area contributed by atoms with Crippen molar-refractivity contribution >= 4 is 23.2 Å². The second-order valence-corrected chi connectivity index (χ2v) is 5.43. The summed E-state index contributed by atoms with van der Waals surface area (Å²) in [6, 6.07) is 9.26. The van der Waals surface area contributed by atoms with Crippen molar-refractivity contribution in [3.8, 4) is 5.75 Å². The molecular weight excluding hydrogens is 300 g/mol. The van der Waals surface area contributed by atoms with Crippen molar-refractivity contribution in [3.63, 3.8) is 0 Å². The highest BCUT2D eigenvalue weighted by molar-refractivity contribution is 6.35. The second kappa shape index (κ2) is 6.44. The lowest BCUT2D eigenvalue weighted by molar-refractivity contribution is 0.466. The molecule has 2 N–H and O–H groups in total. The van der Waals surface area contributed by atoms with Gasteiger partial charge in [0.15, 0.2) is 0 Å². The van der Waals surface area contributed by atoms with Crippen molar-refractivity contribution < 1.29 is 9.50 Å². The number of nitrogens with one attached hydrogen (secondary N) is 1. The molecule has 2 aromatic rings. The zero-order chi connectivity index (χ0) is 14.7. The number of hydrogen-bond acceptors (Lipinski definition) is 2. The summed E-state index contributed by atoms with van der Waals surface area (Å²) in [7, 11) is 0. The van der Waals surface area contributed by atoms with Crippen LogP contribution in [0.1, 0.15) is 24.1 Å². The van der Waals surface area contributed by atoms with Gasteiger partial charge in [-0.3, -0.25) is 0 Å². The van der Waals surface area contributed by atoms with Crippen LogP contribution in [0.25, 0.3) is 0 Å². The molecule has 20 heavy (non-hydrogen) atoms. The molecular formula is C15H14Cl2FNO. The molecule has 0 amide bonds. The molecule has 2 nitrogen and oxygen atoms in total. The highest BCUT2D eigenvalue weighted by Crippen LogP contribution is 2.26. The Morgan fingerprint density at radius 2 is 1.95 bits per heavy atom. The maximum Gasteiger partial charge on any atom is 0.127 e. The van der Waals surface area contributed by atoms with E-state index in [-0.39, 0.29) is 11.8 Å². The first-order valence-electron chi connectivity index (χ1n) is 6.12. The fourth-order valence-electron chi connectivity index (χ4n) is 1.97. The van der Waals surface area contributed by atoms with Crippen molar-refractivity contribution in [2.75, 3.05) is 0 Å². The molecule has 1 unspecified atom stereocenters. The van der Waals surface area contributed by atoms with Gasteiger partial charge in [-0.25, -0.2) is 4.39 Å². The van der Waals surface area contributed by atoms with Gasteiger partial charge in [0.05, 0.1) is 0 Å². The Kier molecular flexibility index (Phi) is 4.86. The summed E-state index contributed by atoms with van der Waals surface area (Å²) >= 11 is 12.0. The van der Waals surface area contributed by atoms with E-state index in [2.05, 4.69) is 5.32 Å². The van der Waals surface area contributed by atoms with E-state index in [4.69, 9.17) is 23.2 Å². The minimum atomic E-state index is -0.459. The number of aromatic hydroxyl groups is 1. The summed E-state index contributed by atoms with van der Waals surface area (Å²) in [5, 5.41) is 13.7.